The summed E-state index contributed by atoms with van der Waals surface area (Å²) >= 11 is 0. The van der Waals surface area contributed by atoms with Gasteiger partial charge in [0.05, 0.1) is 12.3 Å². The van der Waals surface area contributed by atoms with E-state index in [-0.39, 0.29) is 31.3 Å². The molecule has 0 unspecified atom stereocenters. The van der Waals surface area contributed by atoms with E-state index in [0.29, 0.717) is 0 Å². The van der Waals surface area contributed by atoms with Gasteiger partial charge in [-0.15, -0.1) is 0 Å². The minimum atomic E-state index is -0.325. The van der Waals surface area contributed by atoms with E-state index in [1.807, 2.05) is 30.3 Å². The molecule has 0 heterocycles. The predicted octanol–water partition coefficient (Wildman–Crippen LogP) is 1.45. The number of hydrogen-bond donors (Lipinski definition) is 2. The van der Waals surface area contributed by atoms with Crippen molar-refractivity contribution >= 4 is 11.8 Å². The second kappa shape index (κ2) is 5.80. The summed E-state index contributed by atoms with van der Waals surface area (Å²) in [6, 6.07) is 9.45. The standard InChI is InChI=1S/C11H14N2O2/c12-10(13)6-7-11(14)15-8-9-4-2-1-3-5-9/h1-5H,6-8H2,(H3,12,13). The van der Waals surface area contributed by atoms with E-state index >= 15 is 0 Å². The quantitative estimate of drug-likeness (QED) is 0.435. The summed E-state index contributed by atoms with van der Waals surface area (Å²) in [5.74, 6) is -0.319. The van der Waals surface area contributed by atoms with Crippen LogP contribution in [-0.4, -0.2) is 11.8 Å². The van der Waals surface area contributed by atoms with E-state index in [9.17, 15) is 4.79 Å². The molecule has 0 atom stereocenters. The lowest BCUT2D eigenvalue weighted by atomic mass is 10.2. The second-order valence-electron chi connectivity index (χ2n) is 3.17. The molecule has 0 spiro atoms. The van der Waals surface area contributed by atoms with Gasteiger partial charge in [0.25, 0.3) is 0 Å². The Bertz CT molecular complexity index is 336. The molecule has 3 N–H and O–H groups in total. The van der Waals surface area contributed by atoms with Crippen LogP contribution in [0, 0.1) is 5.41 Å². The molecule has 0 radical (unpaired) electrons. The van der Waals surface area contributed by atoms with Gasteiger partial charge in [-0.2, -0.15) is 0 Å². The average Bonchev–Trinajstić information content (AvgIpc) is 2.25. The fourth-order valence-electron chi connectivity index (χ4n) is 1.05. The number of ether oxygens (including phenoxy) is 1. The van der Waals surface area contributed by atoms with Gasteiger partial charge in [-0.25, -0.2) is 0 Å². The number of carbonyl (C=O) groups excluding carboxylic acids is 1. The van der Waals surface area contributed by atoms with Crippen LogP contribution in [0.3, 0.4) is 0 Å². The first kappa shape index (κ1) is 11.2. The number of esters is 1. The van der Waals surface area contributed by atoms with Crippen LogP contribution in [0.1, 0.15) is 18.4 Å². The number of rotatable bonds is 5. The molecule has 0 bridgehead atoms. The average molecular weight is 206 g/mol. The van der Waals surface area contributed by atoms with Crippen LogP contribution in [0.25, 0.3) is 0 Å². The Hall–Kier alpha value is -1.84. The highest BCUT2D eigenvalue weighted by Crippen LogP contribution is 2.02. The topological polar surface area (TPSA) is 76.2 Å². The molecule has 0 saturated carbocycles. The highest BCUT2D eigenvalue weighted by Gasteiger charge is 2.03. The zero-order valence-electron chi connectivity index (χ0n) is 8.40. The Morgan fingerprint density at radius 2 is 1.93 bits per heavy atom. The smallest absolute Gasteiger partial charge is 0.306 e. The number of hydrogen-bond acceptors (Lipinski definition) is 3. The minimum absolute atomic E-state index is 0.00617. The largest absolute Gasteiger partial charge is 0.461 e. The molecule has 4 nitrogen and oxygen atoms in total. The van der Waals surface area contributed by atoms with Gasteiger partial charge in [-0.1, -0.05) is 30.3 Å². The first-order chi connectivity index (χ1) is 7.18. The van der Waals surface area contributed by atoms with E-state index in [4.69, 9.17) is 15.9 Å². The lowest BCUT2D eigenvalue weighted by Crippen LogP contribution is -2.13. The van der Waals surface area contributed by atoms with Gasteiger partial charge in [0, 0.05) is 6.42 Å². The van der Waals surface area contributed by atoms with Crippen LogP contribution in [0.4, 0.5) is 0 Å². The van der Waals surface area contributed by atoms with Crippen molar-refractivity contribution in [1.82, 2.24) is 0 Å². The van der Waals surface area contributed by atoms with Crippen molar-refractivity contribution in [2.75, 3.05) is 0 Å². The monoisotopic (exact) mass is 206 g/mol. The van der Waals surface area contributed by atoms with E-state index in [2.05, 4.69) is 0 Å². The van der Waals surface area contributed by atoms with Crippen LogP contribution >= 0.6 is 0 Å². The van der Waals surface area contributed by atoms with Gasteiger partial charge in [0.2, 0.25) is 0 Å². The summed E-state index contributed by atoms with van der Waals surface area (Å²) in [5, 5.41) is 6.95. The van der Waals surface area contributed by atoms with Crippen molar-refractivity contribution in [2.45, 2.75) is 19.4 Å². The van der Waals surface area contributed by atoms with Crippen LogP contribution in [0.15, 0.2) is 30.3 Å². The molecule has 0 fully saturated rings. The molecule has 4 heteroatoms. The third kappa shape index (κ3) is 4.81. The molecule has 1 rings (SSSR count). The van der Waals surface area contributed by atoms with Crippen LogP contribution in [0.5, 0.6) is 0 Å². The highest BCUT2D eigenvalue weighted by molar-refractivity contribution is 5.81. The summed E-state index contributed by atoms with van der Waals surface area (Å²) in [7, 11) is 0. The fraction of sp³-hybridized carbons (Fsp3) is 0.273. The molecule has 1 aromatic carbocycles. The summed E-state index contributed by atoms with van der Waals surface area (Å²) in [6.45, 7) is 0.275. The lowest BCUT2D eigenvalue weighted by Gasteiger charge is -2.04. The van der Waals surface area contributed by atoms with Gasteiger partial charge in [-0.3, -0.25) is 10.2 Å². The lowest BCUT2D eigenvalue weighted by molar-refractivity contribution is -0.144. The first-order valence-corrected chi connectivity index (χ1v) is 4.71. The van der Waals surface area contributed by atoms with Crippen molar-refractivity contribution in [2.24, 2.45) is 5.73 Å². The van der Waals surface area contributed by atoms with E-state index in [0.717, 1.165) is 5.56 Å². The molecule has 15 heavy (non-hydrogen) atoms. The zero-order valence-corrected chi connectivity index (χ0v) is 8.40. The van der Waals surface area contributed by atoms with Gasteiger partial charge >= 0.3 is 5.97 Å². The normalized spacial score (nSPS) is 9.60. The molecule has 0 aliphatic heterocycles. The molecule has 0 amide bonds. The fourth-order valence-corrected chi connectivity index (χ4v) is 1.05. The summed E-state index contributed by atoms with van der Waals surface area (Å²) in [5.41, 5.74) is 6.08. The SMILES string of the molecule is N=C(N)CCC(=O)OCc1ccccc1. The van der Waals surface area contributed by atoms with Gasteiger partial charge < -0.3 is 10.5 Å². The van der Waals surface area contributed by atoms with Crippen molar-refractivity contribution in [1.29, 1.82) is 5.41 Å². The van der Waals surface area contributed by atoms with E-state index in [1.165, 1.54) is 0 Å². The van der Waals surface area contributed by atoms with E-state index < -0.39 is 0 Å². The van der Waals surface area contributed by atoms with E-state index in [1.54, 1.807) is 0 Å². The van der Waals surface area contributed by atoms with Gasteiger partial charge in [-0.05, 0) is 5.56 Å². The van der Waals surface area contributed by atoms with Gasteiger partial charge in [0.1, 0.15) is 6.61 Å². The molecule has 1 aromatic rings. The van der Waals surface area contributed by atoms with Crippen molar-refractivity contribution in [3.8, 4) is 0 Å². The van der Waals surface area contributed by atoms with Crippen molar-refractivity contribution in [3.05, 3.63) is 35.9 Å². The Balaban J connectivity index is 2.26. The number of nitrogens with two attached hydrogens (primary N) is 1. The number of benzene rings is 1. The van der Waals surface area contributed by atoms with Crippen LogP contribution < -0.4 is 5.73 Å². The van der Waals surface area contributed by atoms with Crippen molar-refractivity contribution in [3.63, 3.8) is 0 Å². The van der Waals surface area contributed by atoms with Crippen LogP contribution in [0.2, 0.25) is 0 Å². The molecular formula is C11H14N2O2. The predicted molar refractivity (Wildman–Crippen MR) is 57.4 cm³/mol. The number of nitrogens with one attached hydrogen (secondary N) is 1. The third-order valence-corrected chi connectivity index (χ3v) is 1.84. The van der Waals surface area contributed by atoms with Crippen molar-refractivity contribution < 1.29 is 9.53 Å². The Kier molecular flexibility index (Phi) is 4.34. The molecule has 0 saturated heterocycles. The Labute approximate surface area is 88.6 Å². The maximum atomic E-state index is 11.1. The van der Waals surface area contributed by atoms with Gasteiger partial charge in [0.15, 0.2) is 0 Å². The number of amidine groups is 1. The summed E-state index contributed by atoms with van der Waals surface area (Å²) in [6.07, 6.45) is 0.426. The third-order valence-electron chi connectivity index (χ3n) is 1.84. The number of carbonyl (C=O) groups is 1. The molecule has 0 aliphatic rings. The molecule has 0 aromatic heterocycles. The maximum Gasteiger partial charge on any atom is 0.306 e. The molecule has 80 valence electrons. The molecule has 0 aliphatic carbocycles. The minimum Gasteiger partial charge on any atom is -0.461 e. The Morgan fingerprint density at radius 3 is 2.53 bits per heavy atom. The first-order valence-electron chi connectivity index (χ1n) is 4.71. The Morgan fingerprint density at radius 1 is 1.27 bits per heavy atom. The molecular weight excluding hydrogens is 192 g/mol. The highest BCUT2D eigenvalue weighted by atomic mass is 16.5. The zero-order chi connectivity index (χ0) is 11.1. The second-order valence-corrected chi connectivity index (χ2v) is 3.17. The van der Waals surface area contributed by atoms with Crippen LogP contribution in [-0.2, 0) is 16.1 Å². The summed E-state index contributed by atoms with van der Waals surface area (Å²) in [4.78, 5) is 11.1. The maximum absolute atomic E-state index is 11.1. The summed E-state index contributed by atoms with van der Waals surface area (Å²) < 4.78 is 4.99.